The lowest BCUT2D eigenvalue weighted by atomic mass is 9.86. The van der Waals surface area contributed by atoms with E-state index in [-0.39, 0.29) is 30.7 Å². The number of carbonyl (C=O) groups excluding carboxylic acids is 1. The first-order valence-corrected chi connectivity index (χ1v) is 9.00. The third kappa shape index (κ3) is 4.86. The molecular formula is C17H28F2N2O2. The average molecular weight is 330 g/mol. The Labute approximate surface area is 136 Å². The molecule has 0 radical (unpaired) electrons. The summed E-state index contributed by atoms with van der Waals surface area (Å²) < 4.78 is 31.7. The van der Waals surface area contributed by atoms with E-state index < -0.39 is 5.92 Å². The molecule has 0 aromatic heterocycles. The zero-order valence-electron chi connectivity index (χ0n) is 13.7. The van der Waals surface area contributed by atoms with Gasteiger partial charge in [-0.1, -0.05) is 0 Å². The minimum absolute atomic E-state index is 0.0110. The molecule has 0 bridgehead atoms. The average Bonchev–Trinajstić information content (AvgIpc) is 3.02. The van der Waals surface area contributed by atoms with E-state index in [9.17, 15) is 13.6 Å². The molecule has 2 aliphatic heterocycles. The first kappa shape index (κ1) is 17.1. The van der Waals surface area contributed by atoms with Gasteiger partial charge in [0.25, 0.3) is 0 Å². The van der Waals surface area contributed by atoms with Gasteiger partial charge in [-0.3, -0.25) is 4.79 Å². The number of nitrogens with one attached hydrogen (secondary N) is 1. The molecule has 3 aliphatic rings. The number of hydrogen-bond acceptors (Lipinski definition) is 3. The van der Waals surface area contributed by atoms with Gasteiger partial charge in [0.05, 0.1) is 6.61 Å². The zero-order valence-corrected chi connectivity index (χ0v) is 13.7. The summed E-state index contributed by atoms with van der Waals surface area (Å²) in [5.41, 5.74) is 0. The molecule has 2 heterocycles. The number of alkyl halides is 2. The van der Waals surface area contributed by atoms with E-state index in [0.717, 1.165) is 52.1 Å². The summed E-state index contributed by atoms with van der Waals surface area (Å²) in [7, 11) is 0. The van der Waals surface area contributed by atoms with Crippen LogP contribution >= 0.6 is 0 Å². The molecule has 132 valence electrons. The lowest BCUT2D eigenvalue weighted by Crippen LogP contribution is -2.48. The highest BCUT2D eigenvalue weighted by Gasteiger charge is 2.38. The quantitative estimate of drug-likeness (QED) is 0.861. The van der Waals surface area contributed by atoms with E-state index in [4.69, 9.17) is 4.74 Å². The molecule has 1 aliphatic carbocycles. The molecule has 23 heavy (non-hydrogen) atoms. The third-order valence-electron chi connectivity index (χ3n) is 5.56. The monoisotopic (exact) mass is 330 g/mol. The minimum atomic E-state index is -2.56. The number of carbonyl (C=O) groups is 1. The first-order chi connectivity index (χ1) is 11.0. The molecule has 1 saturated carbocycles. The number of likely N-dealkylation sites (tertiary alicyclic amines) is 1. The summed E-state index contributed by atoms with van der Waals surface area (Å²) in [6.07, 6.45) is 3.42. The number of rotatable bonds is 4. The van der Waals surface area contributed by atoms with Gasteiger partial charge in [0.15, 0.2) is 0 Å². The van der Waals surface area contributed by atoms with E-state index in [0.29, 0.717) is 18.8 Å². The molecule has 0 aromatic carbocycles. The van der Waals surface area contributed by atoms with Crippen LogP contribution in [0.1, 0.15) is 44.9 Å². The normalized spacial score (nSPS) is 30.4. The van der Waals surface area contributed by atoms with E-state index in [1.807, 2.05) is 0 Å². The molecule has 0 unspecified atom stereocenters. The SMILES string of the molecule is O=C(NC1CCN(C[C@H]2CCOC2)CC1)C1CCC(F)(F)CC1. The second-order valence-electron chi connectivity index (χ2n) is 7.44. The van der Waals surface area contributed by atoms with Crippen LogP contribution in [0.2, 0.25) is 0 Å². The predicted octanol–water partition coefficient (Wildman–Crippen LogP) is 2.43. The van der Waals surface area contributed by atoms with Crippen LogP contribution in [0.3, 0.4) is 0 Å². The van der Waals surface area contributed by atoms with Gasteiger partial charge in [-0.2, -0.15) is 0 Å². The minimum Gasteiger partial charge on any atom is -0.381 e. The maximum Gasteiger partial charge on any atom is 0.248 e. The molecule has 1 N–H and O–H groups in total. The first-order valence-electron chi connectivity index (χ1n) is 9.00. The lowest BCUT2D eigenvalue weighted by molar-refractivity contribution is -0.130. The van der Waals surface area contributed by atoms with E-state index in [1.54, 1.807) is 0 Å². The summed E-state index contributed by atoms with van der Waals surface area (Å²) in [6, 6.07) is 0.209. The van der Waals surface area contributed by atoms with Gasteiger partial charge in [0.1, 0.15) is 0 Å². The van der Waals surface area contributed by atoms with Crippen LogP contribution in [-0.2, 0) is 9.53 Å². The smallest absolute Gasteiger partial charge is 0.248 e. The van der Waals surface area contributed by atoms with Gasteiger partial charge in [0, 0.05) is 51.0 Å². The second-order valence-corrected chi connectivity index (χ2v) is 7.44. The maximum absolute atomic E-state index is 13.2. The van der Waals surface area contributed by atoms with Gasteiger partial charge in [-0.15, -0.1) is 0 Å². The summed E-state index contributed by atoms with van der Waals surface area (Å²) in [6.45, 7) is 4.87. The van der Waals surface area contributed by atoms with Gasteiger partial charge in [0.2, 0.25) is 11.8 Å². The highest BCUT2D eigenvalue weighted by atomic mass is 19.3. The Morgan fingerprint density at radius 2 is 1.83 bits per heavy atom. The van der Waals surface area contributed by atoms with Crippen LogP contribution in [0.25, 0.3) is 0 Å². The van der Waals surface area contributed by atoms with Gasteiger partial charge >= 0.3 is 0 Å². The van der Waals surface area contributed by atoms with Crippen molar-refractivity contribution in [2.45, 2.75) is 56.9 Å². The molecule has 1 amide bonds. The molecule has 2 saturated heterocycles. The Bertz CT molecular complexity index is 395. The standard InChI is InChI=1S/C17H28F2N2O2/c18-17(19)6-1-14(2-7-17)16(22)20-15-3-8-21(9-4-15)11-13-5-10-23-12-13/h13-15H,1-12H2,(H,20,22)/t13-/m1/s1. The van der Waals surface area contributed by atoms with Crippen molar-refractivity contribution in [1.82, 2.24) is 10.2 Å². The van der Waals surface area contributed by atoms with Crippen LogP contribution in [0.15, 0.2) is 0 Å². The Balaban J connectivity index is 1.36. The van der Waals surface area contributed by atoms with Crippen molar-refractivity contribution in [3.05, 3.63) is 0 Å². The fraction of sp³-hybridized carbons (Fsp3) is 0.941. The van der Waals surface area contributed by atoms with Crippen molar-refractivity contribution in [2.75, 3.05) is 32.8 Å². The van der Waals surface area contributed by atoms with E-state index in [2.05, 4.69) is 10.2 Å². The predicted molar refractivity (Wildman–Crippen MR) is 83.4 cm³/mol. The number of hydrogen-bond donors (Lipinski definition) is 1. The molecule has 3 rings (SSSR count). The topological polar surface area (TPSA) is 41.6 Å². The van der Waals surface area contributed by atoms with Crippen molar-refractivity contribution >= 4 is 5.91 Å². The summed E-state index contributed by atoms with van der Waals surface area (Å²) in [5, 5.41) is 3.09. The molecule has 4 nitrogen and oxygen atoms in total. The Kier molecular flexibility index (Phi) is 5.52. The molecule has 0 spiro atoms. The molecule has 0 aromatic rings. The highest BCUT2D eigenvalue weighted by molar-refractivity contribution is 5.79. The lowest BCUT2D eigenvalue weighted by Gasteiger charge is -2.35. The summed E-state index contributed by atoms with van der Waals surface area (Å²) >= 11 is 0. The number of ether oxygens (including phenoxy) is 1. The molecular weight excluding hydrogens is 302 g/mol. The van der Waals surface area contributed by atoms with E-state index in [1.165, 1.54) is 0 Å². The van der Waals surface area contributed by atoms with Crippen LogP contribution in [-0.4, -0.2) is 55.6 Å². The number of halogens is 2. The third-order valence-corrected chi connectivity index (χ3v) is 5.56. The van der Waals surface area contributed by atoms with Crippen LogP contribution in [0, 0.1) is 11.8 Å². The summed E-state index contributed by atoms with van der Waals surface area (Å²) in [4.78, 5) is 14.7. The van der Waals surface area contributed by atoms with Gasteiger partial charge in [-0.05, 0) is 38.0 Å². The molecule has 3 fully saturated rings. The zero-order chi connectivity index (χ0) is 16.3. The van der Waals surface area contributed by atoms with Crippen LogP contribution in [0.4, 0.5) is 8.78 Å². The fourth-order valence-electron chi connectivity index (χ4n) is 3.97. The van der Waals surface area contributed by atoms with Gasteiger partial charge in [-0.25, -0.2) is 8.78 Å². The molecule has 6 heteroatoms. The largest absolute Gasteiger partial charge is 0.381 e. The van der Waals surface area contributed by atoms with Gasteiger partial charge < -0.3 is 15.0 Å². The summed E-state index contributed by atoms with van der Waals surface area (Å²) in [5.74, 6) is -2.14. The number of nitrogens with zero attached hydrogens (tertiary/aromatic N) is 1. The van der Waals surface area contributed by atoms with Crippen molar-refractivity contribution in [3.8, 4) is 0 Å². The second kappa shape index (κ2) is 7.43. The maximum atomic E-state index is 13.2. The van der Waals surface area contributed by atoms with Crippen molar-refractivity contribution < 1.29 is 18.3 Å². The van der Waals surface area contributed by atoms with Crippen molar-refractivity contribution in [1.29, 1.82) is 0 Å². The van der Waals surface area contributed by atoms with E-state index >= 15 is 0 Å². The number of amides is 1. The van der Waals surface area contributed by atoms with Crippen molar-refractivity contribution in [3.63, 3.8) is 0 Å². The number of piperidine rings is 1. The highest BCUT2D eigenvalue weighted by Crippen LogP contribution is 2.36. The Hall–Kier alpha value is -0.750. The molecule has 1 atom stereocenters. The Morgan fingerprint density at radius 3 is 2.43 bits per heavy atom. The van der Waals surface area contributed by atoms with Crippen molar-refractivity contribution in [2.24, 2.45) is 11.8 Å². The Morgan fingerprint density at radius 1 is 1.13 bits per heavy atom. The fourth-order valence-corrected chi connectivity index (χ4v) is 3.97. The van der Waals surface area contributed by atoms with Crippen LogP contribution in [0.5, 0.6) is 0 Å². The van der Waals surface area contributed by atoms with Crippen LogP contribution < -0.4 is 5.32 Å².